The number of nitrogens with zero attached hydrogens (tertiary/aromatic N) is 3. The van der Waals surface area contributed by atoms with E-state index in [1.807, 2.05) is 26.0 Å². The number of pyridine rings is 1. The van der Waals surface area contributed by atoms with Crippen LogP contribution in [0.25, 0.3) is 5.52 Å². The normalized spacial score (nSPS) is 16.1. The van der Waals surface area contributed by atoms with Crippen molar-refractivity contribution in [1.29, 1.82) is 0 Å². The summed E-state index contributed by atoms with van der Waals surface area (Å²) in [6.07, 6.45) is 1.57. The van der Waals surface area contributed by atoms with Crippen LogP contribution in [0.3, 0.4) is 0 Å². The number of amides is 1. The van der Waals surface area contributed by atoms with E-state index in [0.717, 1.165) is 16.8 Å². The van der Waals surface area contributed by atoms with Crippen molar-refractivity contribution in [3.63, 3.8) is 0 Å². The van der Waals surface area contributed by atoms with E-state index in [0.29, 0.717) is 11.1 Å². The van der Waals surface area contributed by atoms with Gasteiger partial charge in [0.25, 0.3) is 5.91 Å². The van der Waals surface area contributed by atoms with E-state index >= 15 is 0 Å². The molecular formula is C19H18FN3O2. The van der Waals surface area contributed by atoms with Gasteiger partial charge >= 0.3 is 0 Å². The number of aromatic nitrogens is 2. The number of fused-ring (bicyclic) bond motifs is 1. The van der Waals surface area contributed by atoms with Gasteiger partial charge in [-0.25, -0.2) is 8.91 Å². The highest BCUT2D eigenvalue weighted by molar-refractivity contribution is 6.01. The summed E-state index contributed by atoms with van der Waals surface area (Å²) in [7, 11) is 0. The van der Waals surface area contributed by atoms with Gasteiger partial charge in [0.1, 0.15) is 11.4 Å². The molecule has 0 unspecified atom stereocenters. The number of β-amino-alcohol motifs (C(OH)–C–C–N with tert-alkyl or cyclic N) is 1. The number of halogens is 1. The first-order valence-corrected chi connectivity index (χ1v) is 8.11. The molecule has 0 aliphatic carbocycles. The van der Waals surface area contributed by atoms with Crippen molar-refractivity contribution in [2.45, 2.75) is 19.4 Å². The van der Waals surface area contributed by atoms with Crippen molar-refractivity contribution >= 4 is 11.4 Å². The first kappa shape index (κ1) is 15.8. The Morgan fingerprint density at radius 1 is 1.16 bits per heavy atom. The largest absolute Gasteiger partial charge is 0.381 e. The molecule has 1 aliphatic rings. The van der Waals surface area contributed by atoms with Crippen LogP contribution in [-0.4, -0.2) is 38.6 Å². The van der Waals surface area contributed by atoms with Gasteiger partial charge in [0.15, 0.2) is 0 Å². The van der Waals surface area contributed by atoms with Crippen molar-refractivity contribution in [1.82, 2.24) is 14.5 Å². The second kappa shape index (κ2) is 5.39. The highest BCUT2D eigenvalue weighted by Crippen LogP contribution is 2.33. The highest BCUT2D eigenvalue weighted by atomic mass is 19.1. The minimum Gasteiger partial charge on any atom is -0.381 e. The number of hydrogen-bond donors (Lipinski definition) is 1. The number of rotatable bonds is 2. The van der Waals surface area contributed by atoms with Crippen molar-refractivity contribution in [3.05, 3.63) is 70.8 Å². The first-order chi connectivity index (χ1) is 11.9. The number of carbonyl (C=O) groups is 1. The molecule has 25 heavy (non-hydrogen) atoms. The van der Waals surface area contributed by atoms with E-state index in [9.17, 15) is 14.3 Å². The Hall–Kier alpha value is -2.73. The Kier molecular flexibility index (Phi) is 3.40. The number of aliphatic hydroxyl groups is 1. The van der Waals surface area contributed by atoms with Crippen LogP contribution < -0.4 is 0 Å². The molecule has 1 fully saturated rings. The molecule has 1 aromatic carbocycles. The Balaban J connectivity index is 1.58. The van der Waals surface area contributed by atoms with E-state index in [-0.39, 0.29) is 24.8 Å². The van der Waals surface area contributed by atoms with Gasteiger partial charge in [-0.3, -0.25) is 4.79 Å². The first-order valence-electron chi connectivity index (χ1n) is 8.11. The Bertz CT molecular complexity index is 972. The van der Waals surface area contributed by atoms with Gasteiger partial charge < -0.3 is 10.0 Å². The zero-order valence-corrected chi connectivity index (χ0v) is 14.0. The molecular weight excluding hydrogens is 321 g/mol. The third kappa shape index (κ3) is 2.41. The minimum atomic E-state index is -1.13. The van der Waals surface area contributed by atoms with Crippen molar-refractivity contribution in [3.8, 4) is 0 Å². The zero-order valence-electron chi connectivity index (χ0n) is 14.0. The van der Waals surface area contributed by atoms with E-state index in [1.165, 1.54) is 12.1 Å². The van der Waals surface area contributed by atoms with Crippen LogP contribution in [0.2, 0.25) is 0 Å². The van der Waals surface area contributed by atoms with Gasteiger partial charge in [0.2, 0.25) is 0 Å². The van der Waals surface area contributed by atoms with Gasteiger partial charge in [-0.15, -0.1) is 0 Å². The molecule has 3 aromatic rings. The summed E-state index contributed by atoms with van der Waals surface area (Å²) in [6, 6.07) is 9.59. The van der Waals surface area contributed by atoms with Gasteiger partial charge in [-0.1, -0.05) is 18.2 Å². The summed E-state index contributed by atoms with van der Waals surface area (Å²) in [5.74, 6) is -0.512. The fraction of sp³-hybridized carbons (Fsp3) is 0.263. The van der Waals surface area contributed by atoms with E-state index in [1.54, 1.807) is 27.7 Å². The number of likely N-dealkylation sites (tertiary alicyclic amines) is 1. The number of carbonyl (C=O) groups excluding carboxylic acids is 1. The quantitative estimate of drug-likeness (QED) is 0.780. The number of aryl methyl sites for hydroxylation is 2. The summed E-state index contributed by atoms with van der Waals surface area (Å²) < 4.78 is 14.8. The zero-order chi connectivity index (χ0) is 17.8. The van der Waals surface area contributed by atoms with Crippen molar-refractivity contribution < 1.29 is 14.3 Å². The lowest BCUT2D eigenvalue weighted by molar-refractivity contribution is -0.0863. The molecule has 5 nitrogen and oxygen atoms in total. The molecule has 1 amide bonds. The smallest absolute Gasteiger partial charge is 0.257 e. The van der Waals surface area contributed by atoms with E-state index in [4.69, 9.17) is 0 Å². The maximum atomic E-state index is 13.0. The molecule has 3 heterocycles. The average Bonchev–Trinajstić information content (AvgIpc) is 3.00. The standard InChI is InChI=1S/C19H18FN3O2/c1-12-3-8-17-16(9-21-23(17)13(12)2)18(24)22-10-19(25,11-22)14-4-6-15(20)7-5-14/h3-9,25H,10-11H2,1-2H3. The summed E-state index contributed by atoms with van der Waals surface area (Å²) in [4.78, 5) is 14.4. The van der Waals surface area contributed by atoms with Crippen LogP contribution in [-0.2, 0) is 5.60 Å². The van der Waals surface area contributed by atoms with E-state index in [2.05, 4.69) is 5.10 Å². The average molecular weight is 339 g/mol. The van der Waals surface area contributed by atoms with Crippen LogP contribution in [0.5, 0.6) is 0 Å². The molecule has 0 radical (unpaired) electrons. The maximum Gasteiger partial charge on any atom is 0.257 e. The van der Waals surface area contributed by atoms with E-state index < -0.39 is 5.60 Å². The Labute approximate surface area is 144 Å². The van der Waals surface area contributed by atoms with Crippen LogP contribution >= 0.6 is 0 Å². The molecule has 0 bridgehead atoms. The van der Waals surface area contributed by atoms with Gasteiger partial charge in [-0.2, -0.15) is 5.10 Å². The predicted molar refractivity (Wildman–Crippen MR) is 90.9 cm³/mol. The third-order valence-electron chi connectivity index (χ3n) is 4.99. The molecule has 1 aliphatic heterocycles. The van der Waals surface area contributed by atoms with Crippen LogP contribution in [0.1, 0.15) is 27.2 Å². The lowest BCUT2D eigenvalue weighted by atomic mass is 9.85. The highest BCUT2D eigenvalue weighted by Gasteiger charge is 2.45. The summed E-state index contributed by atoms with van der Waals surface area (Å²) >= 11 is 0. The fourth-order valence-corrected chi connectivity index (χ4v) is 3.28. The SMILES string of the molecule is Cc1ccc2c(C(=O)N3CC(O)(c4ccc(F)cc4)C3)cnn2c1C. The second-order valence-electron chi connectivity index (χ2n) is 6.66. The van der Waals surface area contributed by atoms with Crippen molar-refractivity contribution in [2.24, 2.45) is 0 Å². The molecule has 1 N–H and O–H groups in total. The minimum absolute atomic E-state index is 0.162. The Morgan fingerprint density at radius 2 is 1.84 bits per heavy atom. The summed E-state index contributed by atoms with van der Waals surface area (Å²) in [5.41, 5.74) is 2.85. The molecule has 0 saturated carbocycles. The molecule has 1 saturated heterocycles. The molecule has 4 rings (SSSR count). The summed E-state index contributed by atoms with van der Waals surface area (Å²) in [5, 5.41) is 15.0. The number of hydrogen-bond acceptors (Lipinski definition) is 3. The lowest BCUT2D eigenvalue weighted by Gasteiger charge is -2.46. The second-order valence-corrected chi connectivity index (χ2v) is 6.66. The molecule has 6 heteroatoms. The molecule has 0 atom stereocenters. The fourth-order valence-electron chi connectivity index (χ4n) is 3.28. The summed E-state index contributed by atoms with van der Waals surface area (Å²) in [6.45, 7) is 4.32. The van der Waals surface area contributed by atoms with Gasteiger partial charge in [0.05, 0.1) is 30.4 Å². The molecule has 0 spiro atoms. The number of benzene rings is 1. The molecule has 128 valence electrons. The topological polar surface area (TPSA) is 57.8 Å². The van der Waals surface area contributed by atoms with Crippen molar-refractivity contribution in [2.75, 3.05) is 13.1 Å². The monoisotopic (exact) mass is 339 g/mol. The Morgan fingerprint density at radius 3 is 2.52 bits per heavy atom. The predicted octanol–water partition coefficient (Wildman–Crippen LogP) is 2.43. The van der Waals surface area contributed by atoms with Crippen LogP contribution in [0, 0.1) is 19.7 Å². The lowest BCUT2D eigenvalue weighted by Crippen LogP contribution is -2.61. The maximum absolute atomic E-state index is 13.0. The molecule has 2 aromatic heterocycles. The van der Waals surface area contributed by atoms with Crippen LogP contribution in [0.4, 0.5) is 4.39 Å². The van der Waals surface area contributed by atoms with Crippen LogP contribution in [0.15, 0.2) is 42.6 Å². The van der Waals surface area contributed by atoms with Gasteiger partial charge in [0, 0.05) is 5.69 Å². The van der Waals surface area contributed by atoms with Gasteiger partial charge in [-0.05, 0) is 43.2 Å². The third-order valence-corrected chi connectivity index (χ3v) is 4.99.